The number of rotatable bonds is 4. The van der Waals surface area contributed by atoms with Crippen molar-refractivity contribution in [3.05, 3.63) is 59.2 Å². The zero-order valence-corrected chi connectivity index (χ0v) is 12.5. The molecule has 2 N–H and O–H groups in total. The molecule has 3 nitrogen and oxygen atoms in total. The van der Waals surface area contributed by atoms with Crippen LogP contribution in [0.3, 0.4) is 0 Å². The molecule has 0 spiro atoms. The van der Waals surface area contributed by atoms with E-state index >= 15 is 0 Å². The van der Waals surface area contributed by atoms with Crippen LogP contribution in [0.2, 0.25) is 0 Å². The van der Waals surface area contributed by atoms with Crippen LogP contribution >= 0.6 is 0 Å². The van der Waals surface area contributed by atoms with Crippen LogP contribution < -0.4 is 10.1 Å². The molecule has 2 atom stereocenters. The summed E-state index contributed by atoms with van der Waals surface area (Å²) in [4.78, 5) is 0. The van der Waals surface area contributed by atoms with Crippen molar-refractivity contribution < 1.29 is 9.84 Å². The Morgan fingerprint density at radius 1 is 1.19 bits per heavy atom. The quantitative estimate of drug-likeness (QED) is 0.898. The molecule has 3 rings (SSSR count). The van der Waals surface area contributed by atoms with Crippen LogP contribution in [0.25, 0.3) is 0 Å². The molecule has 110 valence electrons. The van der Waals surface area contributed by atoms with E-state index in [0.29, 0.717) is 11.8 Å². The van der Waals surface area contributed by atoms with Gasteiger partial charge in [-0.2, -0.15) is 0 Å². The molecule has 0 fully saturated rings. The van der Waals surface area contributed by atoms with Crippen molar-refractivity contribution in [1.29, 1.82) is 0 Å². The van der Waals surface area contributed by atoms with Gasteiger partial charge >= 0.3 is 0 Å². The van der Waals surface area contributed by atoms with Gasteiger partial charge in [-0.1, -0.05) is 24.3 Å². The molecule has 0 radical (unpaired) electrons. The minimum absolute atomic E-state index is 0.259. The molecule has 1 aliphatic rings. The van der Waals surface area contributed by atoms with Gasteiger partial charge in [0.15, 0.2) is 0 Å². The van der Waals surface area contributed by atoms with E-state index in [0.717, 1.165) is 24.2 Å². The van der Waals surface area contributed by atoms with Gasteiger partial charge in [0, 0.05) is 12.1 Å². The average Bonchev–Trinajstić information content (AvgIpc) is 2.92. The number of hydrogen-bond acceptors (Lipinski definition) is 3. The first kappa shape index (κ1) is 14.0. The first-order valence-corrected chi connectivity index (χ1v) is 7.40. The van der Waals surface area contributed by atoms with E-state index in [4.69, 9.17) is 4.74 Å². The van der Waals surface area contributed by atoms with Crippen LogP contribution in [0.15, 0.2) is 42.5 Å². The van der Waals surface area contributed by atoms with Crippen LogP contribution in [0.5, 0.6) is 11.5 Å². The predicted octanol–water partition coefficient (Wildman–Crippen LogP) is 3.74. The molecular formula is C18H21NO2. The first-order valence-electron chi connectivity index (χ1n) is 7.40. The minimum atomic E-state index is 0.259. The van der Waals surface area contributed by atoms with Gasteiger partial charge in [0.25, 0.3) is 0 Å². The number of phenolic OH excluding ortho intramolecular Hbond substituents is 1. The maximum Gasteiger partial charge on any atom is 0.119 e. The topological polar surface area (TPSA) is 41.5 Å². The molecule has 0 saturated heterocycles. The molecule has 1 aliphatic carbocycles. The van der Waals surface area contributed by atoms with Crippen molar-refractivity contribution in [2.75, 3.05) is 7.11 Å². The molecular weight excluding hydrogens is 262 g/mol. The molecule has 0 aromatic heterocycles. The molecule has 0 heterocycles. The number of phenols is 1. The molecule has 21 heavy (non-hydrogen) atoms. The number of hydrogen-bond donors (Lipinski definition) is 2. The SMILES string of the molecule is COc1ccc([C@@H](C)NC2CCc3c(O)cccc32)cc1. The Morgan fingerprint density at radius 3 is 2.67 bits per heavy atom. The number of methoxy groups -OCH3 is 1. The molecule has 0 amide bonds. The van der Waals surface area contributed by atoms with Gasteiger partial charge < -0.3 is 15.2 Å². The van der Waals surface area contributed by atoms with Crippen LogP contribution in [0.4, 0.5) is 0 Å². The maximum atomic E-state index is 9.92. The largest absolute Gasteiger partial charge is 0.508 e. The Kier molecular flexibility index (Phi) is 3.84. The Hall–Kier alpha value is -2.00. The second kappa shape index (κ2) is 5.78. The van der Waals surface area contributed by atoms with Gasteiger partial charge in [0.1, 0.15) is 11.5 Å². The Labute approximate surface area is 125 Å². The van der Waals surface area contributed by atoms with Crippen molar-refractivity contribution in [2.24, 2.45) is 0 Å². The summed E-state index contributed by atoms with van der Waals surface area (Å²) in [6.45, 7) is 2.17. The summed E-state index contributed by atoms with van der Waals surface area (Å²) < 4.78 is 5.19. The fourth-order valence-corrected chi connectivity index (χ4v) is 3.10. The van der Waals surface area contributed by atoms with E-state index in [1.54, 1.807) is 13.2 Å². The van der Waals surface area contributed by atoms with Crippen LogP contribution in [0, 0.1) is 0 Å². The summed E-state index contributed by atoms with van der Waals surface area (Å²) in [7, 11) is 1.68. The number of ether oxygens (including phenoxy) is 1. The molecule has 2 aromatic carbocycles. The number of aromatic hydroxyl groups is 1. The van der Waals surface area contributed by atoms with E-state index in [2.05, 4.69) is 30.4 Å². The van der Waals surface area contributed by atoms with Gasteiger partial charge in [0.2, 0.25) is 0 Å². The Morgan fingerprint density at radius 2 is 1.95 bits per heavy atom. The molecule has 0 aliphatic heterocycles. The highest BCUT2D eigenvalue weighted by atomic mass is 16.5. The average molecular weight is 283 g/mol. The lowest BCUT2D eigenvalue weighted by atomic mass is 10.0. The lowest BCUT2D eigenvalue weighted by Gasteiger charge is -2.21. The normalized spacial score (nSPS) is 18.3. The molecule has 3 heteroatoms. The summed E-state index contributed by atoms with van der Waals surface area (Å²) in [5.74, 6) is 1.30. The lowest BCUT2D eigenvalue weighted by molar-refractivity contribution is 0.414. The van der Waals surface area contributed by atoms with Gasteiger partial charge in [-0.25, -0.2) is 0 Å². The third-order valence-corrected chi connectivity index (χ3v) is 4.31. The first-order chi connectivity index (χ1) is 10.2. The van der Waals surface area contributed by atoms with Gasteiger partial charge in [-0.15, -0.1) is 0 Å². The van der Waals surface area contributed by atoms with Crippen LogP contribution in [-0.2, 0) is 6.42 Å². The molecule has 0 bridgehead atoms. The summed E-state index contributed by atoms with van der Waals surface area (Å²) in [5.41, 5.74) is 3.57. The second-order valence-electron chi connectivity index (χ2n) is 5.60. The predicted molar refractivity (Wildman–Crippen MR) is 83.7 cm³/mol. The van der Waals surface area contributed by atoms with E-state index in [9.17, 15) is 5.11 Å². The van der Waals surface area contributed by atoms with Gasteiger partial charge in [0.05, 0.1) is 7.11 Å². The number of fused-ring (bicyclic) bond motifs is 1. The highest BCUT2D eigenvalue weighted by Gasteiger charge is 2.25. The standard InChI is InChI=1S/C18H21NO2/c1-12(13-6-8-14(21-2)9-7-13)19-17-11-10-16-15(17)4-3-5-18(16)20/h3-9,12,17,19-20H,10-11H2,1-2H3/t12-,17?/m1/s1. The zero-order chi connectivity index (χ0) is 14.8. The number of benzene rings is 2. The molecule has 1 unspecified atom stereocenters. The summed E-state index contributed by atoms with van der Waals surface area (Å²) in [5, 5.41) is 13.6. The van der Waals surface area contributed by atoms with E-state index < -0.39 is 0 Å². The number of nitrogens with one attached hydrogen (secondary N) is 1. The fourth-order valence-electron chi connectivity index (χ4n) is 3.10. The van der Waals surface area contributed by atoms with E-state index in [1.165, 1.54) is 11.1 Å². The van der Waals surface area contributed by atoms with Crippen molar-refractivity contribution in [1.82, 2.24) is 5.32 Å². The monoisotopic (exact) mass is 283 g/mol. The van der Waals surface area contributed by atoms with Crippen molar-refractivity contribution in [3.63, 3.8) is 0 Å². The van der Waals surface area contributed by atoms with E-state index in [1.807, 2.05) is 18.2 Å². The lowest BCUT2D eigenvalue weighted by Crippen LogP contribution is -2.22. The zero-order valence-electron chi connectivity index (χ0n) is 12.5. The highest BCUT2D eigenvalue weighted by molar-refractivity contribution is 5.44. The summed E-state index contributed by atoms with van der Waals surface area (Å²) >= 11 is 0. The van der Waals surface area contributed by atoms with Crippen LogP contribution in [0.1, 0.15) is 42.1 Å². The molecule has 2 aromatic rings. The van der Waals surface area contributed by atoms with Gasteiger partial charge in [-0.3, -0.25) is 0 Å². The summed E-state index contributed by atoms with van der Waals surface area (Å²) in [6.07, 6.45) is 1.97. The smallest absolute Gasteiger partial charge is 0.119 e. The van der Waals surface area contributed by atoms with Crippen LogP contribution in [-0.4, -0.2) is 12.2 Å². The highest BCUT2D eigenvalue weighted by Crippen LogP contribution is 2.37. The van der Waals surface area contributed by atoms with E-state index in [-0.39, 0.29) is 6.04 Å². The fraction of sp³-hybridized carbons (Fsp3) is 0.333. The van der Waals surface area contributed by atoms with Crippen molar-refractivity contribution in [2.45, 2.75) is 31.8 Å². The third kappa shape index (κ3) is 2.74. The Balaban J connectivity index is 1.74. The van der Waals surface area contributed by atoms with Crippen molar-refractivity contribution >= 4 is 0 Å². The van der Waals surface area contributed by atoms with Gasteiger partial charge in [-0.05, 0) is 54.7 Å². The molecule has 0 saturated carbocycles. The van der Waals surface area contributed by atoms with Crippen molar-refractivity contribution in [3.8, 4) is 11.5 Å². The second-order valence-corrected chi connectivity index (χ2v) is 5.60. The minimum Gasteiger partial charge on any atom is -0.508 e. The third-order valence-electron chi connectivity index (χ3n) is 4.31. The maximum absolute atomic E-state index is 9.92. The summed E-state index contributed by atoms with van der Waals surface area (Å²) in [6, 6.07) is 14.5. The Bertz CT molecular complexity index is 622.